The zero-order chi connectivity index (χ0) is 24.3. The molecule has 0 saturated heterocycles. The number of hydrogen-bond donors (Lipinski definition) is 2. The Hall–Kier alpha value is -2.63. The van der Waals surface area contributed by atoms with Crippen molar-refractivity contribution in [1.29, 1.82) is 0 Å². The minimum atomic E-state index is -5.96. The first-order valence-corrected chi connectivity index (χ1v) is 9.81. The summed E-state index contributed by atoms with van der Waals surface area (Å²) in [6.07, 6.45) is -9.25. The highest BCUT2D eigenvalue weighted by molar-refractivity contribution is 5.41. The van der Waals surface area contributed by atoms with Gasteiger partial charge in [-0.25, -0.2) is 4.79 Å². The van der Waals surface area contributed by atoms with E-state index in [1.165, 1.54) is 17.8 Å². The minimum Gasteiger partial charge on any atom is -0.493 e. The van der Waals surface area contributed by atoms with Gasteiger partial charge in [0.05, 0.1) is 12.8 Å². The fraction of sp³-hybridized carbons (Fsp3) is 0.550. The summed E-state index contributed by atoms with van der Waals surface area (Å²) in [5.74, 6) is -0.0805. The molecule has 2 N–H and O–H groups in total. The van der Waals surface area contributed by atoms with E-state index in [4.69, 9.17) is 4.74 Å². The van der Waals surface area contributed by atoms with Gasteiger partial charge in [-0.15, -0.1) is 0 Å². The normalized spacial score (nSPS) is 12.9. The summed E-state index contributed by atoms with van der Waals surface area (Å²) >= 11 is 0. The number of nitrogens with zero attached hydrogens (tertiary/aromatic N) is 2. The van der Waals surface area contributed by atoms with Gasteiger partial charge >= 0.3 is 18.0 Å². The zero-order valence-corrected chi connectivity index (χ0v) is 17.4. The number of hydrogen-bond acceptors (Lipinski definition) is 4. The molecule has 1 heterocycles. The number of benzene rings is 1. The van der Waals surface area contributed by atoms with Crippen LogP contribution in [0.1, 0.15) is 37.3 Å². The molecule has 0 fully saturated rings. The average molecular weight is 470 g/mol. The van der Waals surface area contributed by atoms with Crippen LogP contribution in [-0.2, 0) is 25.6 Å². The van der Waals surface area contributed by atoms with Crippen molar-refractivity contribution < 1.29 is 41.3 Å². The van der Waals surface area contributed by atoms with Crippen LogP contribution in [0.15, 0.2) is 29.2 Å². The van der Waals surface area contributed by atoms with E-state index in [2.05, 4.69) is 0 Å². The lowest BCUT2D eigenvalue weighted by Crippen LogP contribution is -2.53. The van der Waals surface area contributed by atoms with Crippen molar-refractivity contribution in [3.05, 3.63) is 46.0 Å². The van der Waals surface area contributed by atoms with Gasteiger partial charge in [-0.1, -0.05) is 19.4 Å². The predicted octanol–water partition coefficient (Wildman–Crippen LogP) is 4.02. The molecular formula is C20H24F6N2O4. The number of alkyl halides is 6. The number of halogens is 6. The van der Waals surface area contributed by atoms with Crippen molar-refractivity contribution in [3.63, 3.8) is 0 Å². The molecule has 32 heavy (non-hydrogen) atoms. The predicted molar refractivity (Wildman–Crippen MR) is 103 cm³/mol. The molecule has 0 spiro atoms. The van der Waals surface area contributed by atoms with Gasteiger partial charge < -0.3 is 14.9 Å². The van der Waals surface area contributed by atoms with Crippen LogP contribution in [0.3, 0.4) is 0 Å². The second-order valence-corrected chi connectivity index (χ2v) is 7.37. The number of ether oxygens (including phenoxy) is 1. The monoisotopic (exact) mass is 470 g/mol. The summed E-state index contributed by atoms with van der Waals surface area (Å²) in [6, 6.07) is 2.20. The maximum absolute atomic E-state index is 13.1. The van der Waals surface area contributed by atoms with Gasteiger partial charge in [0.15, 0.2) is 0 Å². The van der Waals surface area contributed by atoms with Gasteiger partial charge in [-0.2, -0.15) is 26.3 Å². The van der Waals surface area contributed by atoms with Crippen LogP contribution in [-0.4, -0.2) is 38.3 Å². The quantitative estimate of drug-likeness (QED) is 0.429. The Labute approximate surface area is 179 Å². The maximum Gasteiger partial charge on any atom is 0.430 e. The molecule has 1 aromatic heterocycles. The second kappa shape index (κ2) is 9.47. The first kappa shape index (κ1) is 25.6. The summed E-state index contributed by atoms with van der Waals surface area (Å²) < 4.78 is 86.8. The van der Waals surface area contributed by atoms with Crippen LogP contribution in [0, 0.1) is 0 Å². The van der Waals surface area contributed by atoms with Crippen molar-refractivity contribution in [1.82, 2.24) is 9.13 Å². The van der Waals surface area contributed by atoms with Gasteiger partial charge in [-0.3, -0.25) is 9.13 Å². The lowest BCUT2D eigenvalue weighted by molar-refractivity contribution is -0.376. The van der Waals surface area contributed by atoms with Gasteiger partial charge in [0.2, 0.25) is 5.88 Å². The molecule has 2 aromatic rings. The Morgan fingerprint density at radius 2 is 1.69 bits per heavy atom. The van der Waals surface area contributed by atoms with Crippen LogP contribution < -0.4 is 10.4 Å². The van der Waals surface area contributed by atoms with E-state index in [0.29, 0.717) is 31.4 Å². The standard InChI is InChI=1S/C20H24F6N2O4/c1-3-6-13-11-14(18(31,19(21,22)23)20(24,25)26)7-8-15(13)32-10-5-4-9-28-16(29)12-27(2)17(28)30/h7-8,11-12,29,31H,3-6,9-10H2,1-2H3. The molecule has 0 unspecified atom stereocenters. The van der Waals surface area contributed by atoms with E-state index in [1.54, 1.807) is 6.92 Å². The number of unbranched alkanes of at least 4 members (excludes halogenated alkanes) is 1. The molecule has 0 aliphatic carbocycles. The van der Waals surface area contributed by atoms with Crippen molar-refractivity contribution >= 4 is 0 Å². The Kier molecular flexibility index (Phi) is 7.59. The van der Waals surface area contributed by atoms with E-state index < -0.39 is 29.2 Å². The molecule has 2 rings (SSSR count). The van der Waals surface area contributed by atoms with Gasteiger partial charge in [-0.05, 0) is 37.0 Å². The van der Waals surface area contributed by atoms with E-state index in [9.17, 15) is 41.4 Å². The number of rotatable bonds is 9. The molecule has 180 valence electrons. The summed E-state index contributed by atoms with van der Waals surface area (Å²) in [4.78, 5) is 11.8. The van der Waals surface area contributed by atoms with E-state index in [-0.39, 0.29) is 36.8 Å². The molecule has 0 saturated carbocycles. The Bertz CT molecular complexity index is 964. The fourth-order valence-electron chi connectivity index (χ4n) is 3.25. The number of imidazole rings is 1. The third-order valence-corrected chi connectivity index (χ3v) is 4.97. The van der Waals surface area contributed by atoms with Crippen LogP contribution in [0.2, 0.25) is 0 Å². The molecule has 0 bridgehead atoms. The highest BCUT2D eigenvalue weighted by Crippen LogP contribution is 2.50. The molecule has 0 amide bonds. The molecule has 0 aliphatic rings. The third-order valence-electron chi connectivity index (χ3n) is 4.97. The largest absolute Gasteiger partial charge is 0.493 e. The summed E-state index contributed by atoms with van der Waals surface area (Å²) in [6.45, 7) is 1.99. The first-order valence-electron chi connectivity index (χ1n) is 9.81. The van der Waals surface area contributed by atoms with Crippen molar-refractivity contribution in [2.24, 2.45) is 7.05 Å². The average Bonchev–Trinajstić information content (AvgIpc) is 2.92. The highest BCUT2D eigenvalue weighted by Gasteiger charge is 2.71. The zero-order valence-electron chi connectivity index (χ0n) is 17.4. The van der Waals surface area contributed by atoms with Crippen LogP contribution in [0.5, 0.6) is 11.6 Å². The lowest BCUT2D eigenvalue weighted by Gasteiger charge is -2.33. The van der Waals surface area contributed by atoms with Crippen LogP contribution >= 0.6 is 0 Å². The van der Waals surface area contributed by atoms with Gasteiger partial charge in [0.1, 0.15) is 5.75 Å². The van der Waals surface area contributed by atoms with Gasteiger partial charge in [0, 0.05) is 19.2 Å². The highest BCUT2D eigenvalue weighted by atomic mass is 19.4. The van der Waals surface area contributed by atoms with E-state index in [1.807, 2.05) is 0 Å². The molecule has 0 aliphatic heterocycles. The van der Waals surface area contributed by atoms with Gasteiger partial charge in [0.25, 0.3) is 5.60 Å². The molecule has 12 heteroatoms. The number of aliphatic hydroxyl groups is 1. The molecular weight excluding hydrogens is 446 g/mol. The molecule has 0 radical (unpaired) electrons. The van der Waals surface area contributed by atoms with E-state index >= 15 is 0 Å². The van der Waals surface area contributed by atoms with Crippen LogP contribution in [0.4, 0.5) is 26.3 Å². The fourth-order valence-corrected chi connectivity index (χ4v) is 3.25. The summed E-state index contributed by atoms with van der Waals surface area (Å²) in [5, 5.41) is 19.3. The van der Waals surface area contributed by atoms with E-state index in [0.717, 1.165) is 10.6 Å². The number of aromatic nitrogens is 2. The molecule has 1 aromatic carbocycles. The lowest BCUT2D eigenvalue weighted by atomic mass is 9.90. The first-order chi connectivity index (χ1) is 14.7. The summed E-state index contributed by atoms with van der Waals surface area (Å²) in [7, 11) is 1.49. The Balaban J connectivity index is 2.13. The van der Waals surface area contributed by atoms with Crippen LogP contribution in [0.25, 0.3) is 0 Å². The Morgan fingerprint density at radius 3 is 2.19 bits per heavy atom. The second-order valence-electron chi connectivity index (χ2n) is 7.37. The topological polar surface area (TPSA) is 76.6 Å². The van der Waals surface area contributed by atoms with Crippen molar-refractivity contribution in [3.8, 4) is 11.6 Å². The number of aromatic hydroxyl groups is 1. The third kappa shape index (κ3) is 5.05. The maximum atomic E-state index is 13.1. The SMILES string of the molecule is CCCc1cc(C(O)(C(F)(F)F)C(F)(F)F)ccc1OCCCCn1c(O)cn(C)c1=O. The number of aryl methyl sites for hydroxylation is 2. The van der Waals surface area contributed by atoms with Crippen molar-refractivity contribution in [2.45, 2.75) is 57.1 Å². The molecule has 6 nitrogen and oxygen atoms in total. The molecule has 0 atom stereocenters. The smallest absolute Gasteiger partial charge is 0.430 e. The summed E-state index contributed by atoms with van der Waals surface area (Å²) in [5.41, 5.74) is -6.61. The van der Waals surface area contributed by atoms with Crippen molar-refractivity contribution in [2.75, 3.05) is 6.61 Å². The minimum absolute atomic E-state index is 0.0845. The Morgan fingerprint density at radius 1 is 1.06 bits per heavy atom.